The molecule has 88 valence electrons. The summed E-state index contributed by atoms with van der Waals surface area (Å²) >= 11 is 12.1. The second-order valence-corrected chi connectivity index (χ2v) is 5.33. The van der Waals surface area contributed by atoms with Crippen molar-refractivity contribution in [1.82, 2.24) is 4.90 Å². The monoisotopic (exact) mass is 258 g/mol. The largest absolute Gasteiger partial charge is 0.380 e. The van der Waals surface area contributed by atoms with Gasteiger partial charge >= 0.3 is 0 Å². The van der Waals surface area contributed by atoms with Gasteiger partial charge in [-0.3, -0.25) is 0 Å². The molecule has 2 nitrogen and oxygen atoms in total. The molecule has 0 saturated carbocycles. The van der Waals surface area contributed by atoms with Gasteiger partial charge < -0.3 is 10.2 Å². The minimum atomic E-state index is 0.455. The molecule has 0 aliphatic carbocycles. The third-order valence-corrected chi connectivity index (χ3v) is 3.74. The van der Waals surface area contributed by atoms with E-state index in [1.165, 1.54) is 0 Å². The Bertz CT molecular complexity index is 371. The lowest BCUT2D eigenvalue weighted by Gasteiger charge is -2.15. The first-order valence-electron chi connectivity index (χ1n) is 5.48. The van der Waals surface area contributed by atoms with Crippen LogP contribution in [0.2, 0.25) is 10.0 Å². The first kappa shape index (κ1) is 12.0. The van der Waals surface area contributed by atoms with E-state index in [1.807, 2.05) is 12.1 Å². The molecule has 1 N–H and O–H groups in total. The summed E-state index contributed by atoms with van der Waals surface area (Å²) < 4.78 is 0. The first-order chi connectivity index (χ1) is 7.56. The van der Waals surface area contributed by atoms with Crippen molar-refractivity contribution in [2.24, 2.45) is 0 Å². The van der Waals surface area contributed by atoms with E-state index in [0.717, 1.165) is 23.7 Å². The highest BCUT2D eigenvalue weighted by atomic mass is 35.5. The Labute approximate surface area is 107 Å². The Hall–Kier alpha value is -0.440. The highest BCUT2D eigenvalue weighted by molar-refractivity contribution is 6.35. The molecule has 2 rings (SSSR count). The van der Waals surface area contributed by atoms with E-state index >= 15 is 0 Å². The third-order valence-electron chi connectivity index (χ3n) is 3.17. The molecule has 1 fully saturated rings. The van der Waals surface area contributed by atoms with Crippen LogP contribution in [0.25, 0.3) is 0 Å². The van der Waals surface area contributed by atoms with Crippen LogP contribution in [0.1, 0.15) is 13.3 Å². The zero-order valence-electron chi connectivity index (χ0n) is 9.50. The fourth-order valence-corrected chi connectivity index (χ4v) is 2.47. The van der Waals surface area contributed by atoms with E-state index in [1.54, 1.807) is 6.07 Å². The van der Waals surface area contributed by atoms with Crippen LogP contribution in [-0.2, 0) is 0 Å². The fraction of sp³-hybridized carbons (Fsp3) is 0.500. The third kappa shape index (κ3) is 2.62. The van der Waals surface area contributed by atoms with E-state index in [-0.39, 0.29) is 0 Å². The summed E-state index contributed by atoms with van der Waals surface area (Å²) in [6, 6.07) is 6.59. The van der Waals surface area contributed by atoms with Crippen molar-refractivity contribution in [3.63, 3.8) is 0 Å². The molecule has 4 heteroatoms. The van der Waals surface area contributed by atoms with Gasteiger partial charge in [0.2, 0.25) is 0 Å². The molecular formula is C12H16Cl2N2. The Morgan fingerprint density at radius 1 is 1.38 bits per heavy atom. The summed E-state index contributed by atoms with van der Waals surface area (Å²) in [6.07, 6.45) is 1.14. The van der Waals surface area contributed by atoms with Gasteiger partial charge in [0.15, 0.2) is 0 Å². The van der Waals surface area contributed by atoms with E-state index in [0.29, 0.717) is 17.1 Å². The van der Waals surface area contributed by atoms with Gasteiger partial charge in [0.05, 0.1) is 10.7 Å². The minimum absolute atomic E-state index is 0.455. The second kappa shape index (κ2) is 4.82. The number of hydrogen-bond donors (Lipinski definition) is 1. The maximum Gasteiger partial charge on any atom is 0.0638 e. The van der Waals surface area contributed by atoms with Crippen molar-refractivity contribution >= 4 is 28.9 Å². The lowest BCUT2D eigenvalue weighted by molar-refractivity contribution is 0.330. The van der Waals surface area contributed by atoms with Crippen LogP contribution in [0.3, 0.4) is 0 Å². The van der Waals surface area contributed by atoms with Crippen LogP contribution in [0.15, 0.2) is 18.2 Å². The Morgan fingerprint density at radius 3 is 2.75 bits per heavy atom. The van der Waals surface area contributed by atoms with Gasteiger partial charge in [-0.2, -0.15) is 0 Å². The maximum atomic E-state index is 6.11. The second-order valence-electron chi connectivity index (χ2n) is 4.49. The number of anilines is 1. The zero-order chi connectivity index (χ0) is 11.7. The van der Waals surface area contributed by atoms with Gasteiger partial charge in [-0.1, -0.05) is 23.2 Å². The number of benzene rings is 1. The fourth-order valence-electron chi connectivity index (χ4n) is 2.13. The molecular weight excluding hydrogens is 243 g/mol. The van der Waals surface area contributed by atoms with Crippen molar-refractivity contribution in [2.45, 2.75) is 25.4 Å². The predicted molar refractivity (Wildman–Crippen MR) is 70.6 cm³/mol. The number of rotatable bonds is 2. The van der Waals surface area contributed by atoms with Gasteiger partial charge in [-0.25, -0.2) is 0 Å². The smallest absolute Gasteiger partial charge is 0.0638 e. The highest BCUT2D eigenvalue weighted by Gasteiger charge is 2.26. The van der Waals surface area contributed by atoms with Gasteiger partial charge in [-0.15, -0.1) is 0 Å². The first-order valence-corrected chi connectivity index (χ1v) is 6.23. The summed E-state index contributed by atoms with van der Waals surface area (Å²) in [5.74, 6) is 0. The van der Waals surface area contributed by atoms with Crippen LogP contribution in [0.5, 0.6) is 0 Å². The molecule has 1 heterocycles. The van der Waals surface area contributed by atoms with E-state index in [9.17, 15) is 0 Å². The molecule has 1 aliphatic heterocycles. The standard InChI is InChI=1S/C12H16Cl2N2/c1-8-5-10(7-16(8)2)15-12-6-9(13)3-4-11(12)14/h3-4,6,8,10,15H,5,7H2,1-2H3. The average Bonchev–Trinajstić information content (AvgIpc) is 2.52. The molecule has 1 aromatic rings. The Morgan fingerprint density at radius 2 is 2.12 bits per heavy atom. The highest BCUT2D eigenvalue weighted by Crippen LogP contribution is 2.28. The van der Waals surface area contributed by atoms with E-state index in [2.05, 4.69) is 24.2 Å². The molecule has 0 amide bonds. The minimum Gasteiger partial charge on any atom is -0.380 e. The quantitative estimate of drug-likeness (QED) is 0.874. The molecule has 0 radical (unpaired) electrons. The molecule has 16 heavy (non-hydrogen) atoms. The van der Waals surface area contributed by atoms with Crippen molar-refractivity contribution in [1.29, 1.82) is 0 Å². The Balaban J connectivity index is 2.07. The lowest BCUT2D eigenvalue weighted by atomic mass is 10.2. The molecule has 0 bridgehead atoms. The molecule has 2 unspecified atom stereocenters. The summed E-state index contributed by atoms with van der Waals surface area (Å²) in [4.78, 5) is 2.34. The molecule has 0 spiro atoms. The van der Waals surface area contributed by atoms with E-state index < -0.39 is 0 Å². The average molecular weight is 259 g/mol. The maximum absolute atomic E-state index is 6.11. The molecule has 1 saturated heterocycles. The van der Waals surface area contributed by atoms with Crippen LogP contribution in [0, 0.1) is 0 Å². The van der Waals surface area contributed by atoms with Crippen LogP contribution in [0.4, 0.5) is 5.69 Å². The van der Waals surface area contributed by atoms with Crippen molar-refractivity contribution < 1.29 is 0 Å². The summed E-state index contributed by atoms with van der Waals surface area (Å²) in [6.45, 7) is 3.28. The Kier molecular flexibility index (Phi) is 3.63. The number of likely N-dealkylation sites (N-methyl/N-ethyl adjacent to an activating group) is 1. The summed E-state index contributed by atoms with van der Waals surface area (Å²) in [5, 5.41) is 4.90. The van der Waals surface area contributed by atoms with Gasteiger partial charge in [0.25, 0.3) is 0 Å². The molecule has 0 aromatic heterocycles. The van der Waals surface area contributed by atoms with Crippen LogP contribution < -0.4 is 5.32 Å². The van der Waals surface area contributed by atoms with Crippen molar-refractivity contribution in [3.8, 4) is 0 Å². The number of halogens is 2. The van der Waals surface area contributed by atoms with Crippen LogP contribution in [-0.4, -0.2) is 30.6 Å². The summed E-state index contributed by atoms with van der Waals surface area (Å²) in [7, 11) is 2.14. The number of nitrogens with one attached hydrogen (secondary N) is 1. The lowest BCUT2D eigenvalue weighted by Crippen LogP contribution is -2.24. The topological polar surface area (TPSA) is 15.3 Å². The van der Waals surface area contributed by atoms with Crippen molar-refractivity contribution in [2.75, 3.05) is 18.9 Å². The van der Waals surface area contributed by atoms with Gasteiger partial charge in [0, 0.05) is 23.7 Å². The summed E-state index contributed by atoms with van der Waals surface area (Å²) in [5.41, 5.74) is 0.932. The number of hydrogen-bond acceptors (Lipinski definition) is 2. The predicted octanol–water partition coefficient (Wildman–Crippen LogP) is 3.50. The van der Waals surface area contributed by atoms with E-state index in [4.69, 9.17) is 23.2 Å². The number of nitrogens with zero attached hydrogens (tertiary/aromatic N) is 1. The number of likely N-dealkylation sites (tertiary alicyclic amines) is 1. The molecule has 2 atom stereocenters. The SMILES string of the molecule is CC1CC(Nc2cc(Cl)ccc2Cl)CN1C. The molecule has 1 aliphatic rings. The van der Waals surface area contributed by atoms with Gasteiger partial charge in [-0.05, 0) is 38.6 Å². The van der Waals surface area contributed by atoms with Crippen LogP contribution >= 0.6 is 23.2 Å². The molecule has 1 aromatic carbocycles. The zero-order valence-corrected chi connectivity index (χ0v) is 11.0. The van der Waals surface area contributed by atoms with Gasteiger partial charge in [0.1, 0.15) is 0 Å². The van der Waals surface area contributed by atoms with Crippen molar-refractivity contribution in [3.05, 3.63) is 28.2 Å². The normalized spacial score (nSPS) is 26.0.